The zero-order valence-electron chi connectivity index (χ0n) is 17.5. The molecule has 0 aromatic rings. The van der Waals surface area contributed by atoms with Gasteiger partial charge in [0.05, 0.1) is 5.92 Å². The minimum Gasteiger partial charge on any atom is -0.352 e. The number of carbonyl (C=O) groups excluding carboxylic acids is 1. The van der Waals surface area contributed by atoms with E-state index in [1.165, 1.54) is 44.9 Å². The summed E-state index contributed by atoms with van der Waals surface area (Å²) in [6.07, 6.45) is 13.4. The van der Waals surface area contributed by atoms with E-state index >= 15 is 0 Å². The normalized spacial score (nSPS) is 13.0. The zero-order valence-corrected chi connectivity index (χ0v) is 17.5. The number of unbranched alkanes of at least 4 members (excludes halogenated alkanes) is 8. The second kappa shape index (κ2) is 14.5. The Bertz CT molecular complexity index is 358. The van der Waals surface area contributed by atoms with Gasteiger partial charge in [0.25, 0.3) is 0 Å². The van der Waals surface area contributed by atoms with Gasteiger partial charge in [-0.3, -0.25) is 4.79 Å². The fourth-order valence-corrected chi connectivity index (χ4v) is 3.52. The summed E-state index contributed by atoms with van der Waals surface area (Å²) >= 11 is 0. The molecule has 25 heavy (non-hydrogen) atoms. The van der Waals surface area contributed by atoms with Gasteiger partial charge in [-0.15, -0.1) is 0 Å². The van der Waals surface area contributed by atoms with Crippen molar-refractivity contribution < 1.29 is 14.3 Å². The summed E-state index contributed by atoms with van der Waals surface area (Å²) in [6, 6.07) is 0. The molecule has 0 aromatic heterocycles. The van der Waals surface area contributed by atoms with Crippen LogP contribution in [0.5, 0.6) is 0 Å². The lowest BCUT2D eigenvalue weighted by Crippen LogP contribution is -2.46. The molecule has 0 heterocycles. The van der Waals surface area contributed by atoms with Crippen molar-refractivity contribution in [2.75, 3.05) is 14.2 Å². The highest BCUT2D eigenvalue weighted by atomic mass is 16.7. The van der Waals surface area contributed by atoms with Crippen molar-refractivity contribution >= 4 is 5.78 Å². The van der Waals surface area contributed by atoms with Gasteiger partial charge in [0.2, 0.25) is 0 Å². The third kappa shape index (κ3) is 9.01. The Hall–Kier alpha value is -0.670. The Morgan fingerprint density at radius 3 is 1.84 bits per heavy atom. The molecule has 0 N–H and O–H groups in total. The second-order valence-electron chi connectivity index (χ2n) is 7.28. The maximum atomic E-state index is 12.8. The summed E-state index contributed by atoms with van der Waals surface area (Å²) in [5.41, 5.74) is 0.600. The maximum absolute atomic E-state index is 12.8. The Kier molecular flexibility index (Phi) is 14.1. The van der Waals surface area contributed by atoms with Crippen LogP contribution in [-0.2, 0) is 14.3 Å². The minimum absolute atomic E-state index is 0.0905. The summed E-state index contributed by atoms with van der Waals surface area (Å²) < 4.78 is 11.6. The molecular formula is C22H42O3. The average Bonchev–Trinajstić information content (AvgIpc) is 2.62. The topological polar surface area (TPSA) is 35.5 Å². The molecule has 1 atom stereocenters. The predicted octanol–water partition coefficient (Wildman–Crippen LogP) is 6.46. The van der Waals surface area contributed by atoms with Crippen molar-refractivity contribution in [3.63, 3.8) is 0 Å². The van der Waals surface area contributed by atoms with Crippen molar-refractivity contribution in [3.05, 3.63) is 12.2 Å². The van der Waals surface area contributed by atoms with Crippen LogP contribution in [0.15, 0.2) is 12.2 Å². The van der Waals surface area contributed by atoms with Gasteiger partial charge in [0, 0.05) is 20.6 Å². The molecule has 0 aliphatic heterocycles. The lowest BCUT2D eigenvalue weighted by Gasteiger charge is -2.38. The van der Waals surface area contributed by atoms with Gasteiger partial charge in [-0.25, -0.2) is 0 Å². The van der Waals surface area contributed by atoms with Crippen LogP contribution in [0, 0.1) is 5.92 Å². The number of Topliss-reactive ketones (excluding diaryl/α,β-unsaturated/α-hetero) is 1. The fraction of sp³-hybridized carbons (Fsp3) is 0.864. The van der Waals surface area contributed by atoms with Crippen molar-refractivity contribution in [3.8, 4) is 0 Å². The molecule has 0 saturated carbocycles. The maximum Gasteiger partial charge on any atom is 0.177 e. The van der Waals surface area contributed by atoms with Gasteiger partial charge in [-0.2, -0.15) is 0 Å². The molecule has 0 aliphatic carbocycles. The van der Waals surface area contributed by atoms with Crippen molar-refractivity contribution in [1.82, 2.24) is 0 Å². The van der Waals surface area contributed by atoms with E-state index < -0.39 is 5.79 Å². The van der Waals surface area contributed by atoms with E-state index in [0.717, 1.165) is 32.1 Å². The highest BCUT2D eigenvalue weighted by Crippen LogP contribution is 2.35. The minimum atomic E-state index is -0.812. The number of hydrogen-bond donors (Lipinski definition) is 0. The lowest BCUT2D eigenvalue weighted by molar-refractivity contribution is -0.241. The van der Waals surface area contributed by atoms with E-state index in [1.807, 2.05) is 0 Å². The van der Waals surface area contributed by atoms with Crippen molar-refractivity contribution in [2.24, 2.45) is 5.92 Å². The molecule has 0 amide bonds. The van der Waals surface area contributed by atoms with Gasteiger partial charge >= 0.3 is 0 Å². The summed E-state index contributed by atoms with van der Waals surface area (Å²) in [7, 11) is 3.34. The molecule has 1 unspecified atom stereocenters. The zero-order chi connectivity index (χ0) is 19.1. The molecule has 0 radical (unpaired) electrons. The molecule has 0 saturated heterocycles. The van der Waals surface area contributed by atoms with Gasteiger partial charge in [0.15, 0.2) is 11.6 Å². The number of methoxy groups -OCH3 is 2. The SMILES string of the molecule is C=C(C)C(=O)C(CCCCCCCC)C(CCCCCC)(OC)OC. The summed E-state index contributed by atoms with van der Waals surface area (Å²) in [4.78, 5) is 12.8. The quantitative estimate of drug-likeness (QED) is 0.171. The second-order valence-corrected chi connectivity index (χ2v) is 7.28. The first-order valence-electron chi connectivity index (χ1n) is 10.3. The molecule has 3 heteroatoms. The number of rotatable bonds is 17. The van der Waals surface area contributed by atoms with Crippen LogP contribution in [0.25, 0.3) is 0 Å². The number of allylic oxidation sites excluding steroid dienone is 1. The van der Waals surface area contributed by atoms with Crippen LogP contribution in [0.3, 0.4) is 0 Å². The van der Waals surface area contributed by atoms with Crippen LogP contribution in [0.1, 0.15) is 97.8 Å². The Balaban J connectivity index is 4.90. The van der Waals surface area contributed by atoms with E-state index in [1.54, 1.807) is 21.1 Å². The third-order valence-corrected chi connectivity index (χ3v) is 5.18. The average molecular weight is 355 g/mol. The molecule has 0 spiro atoms. The first-order chi connectivity index (χ1) is 12.0. The van der Waals surface area contributed by atoms with Crippen LogP contribution >= 0.6 is 0 Å². The Labute approximate surface area is 156 Å². The van der Waals surface area contributed by atoms with Crippen LogP contribution in [0.2, 0.25) is 0 Å². The fourth-order valence-electron chi connectivity index (χ4n) is 3.52. The van der Waals surface area contributed by atoms with Crippen molar-refractivity contribution in [1.29, 1.82) is 0 Å². The van der Waals surface area contributed by atoms with E-state index in [-0.39, 0.29) is 11.7 Å². The van der Waals surface area contributed by atoms with Crippen LogP contribution in [-0.4, -0.2) is 25.8 Å². The molecule has 0 rings (SSSR count). The van der Waals surface area contributed by atoms with Crippen molar-refractivity contribution in [2.45, 2.75) is 104 Å². The monoisotopic (exact) mass is 354 g/mol. The summed E-state index contributed by atoms with van der Waals surface area (Å²) in [5.74, 6) is -0.978. The molecule has 0 bridgehead atoms. The molecule has 0 aliphatic rings. The van der Waals surface area contributed by atoms with Gasteiger partial charge in [-0.05, 0) is 25.3 Å². The van der Waals surface area contributed by atoms with Crippen LogP contribution in [0.4, 0.5) is 0 Å². The molecular weight excluding hydrogens is 312 g/mol. The lowest BCUT2D eigenvalue weighted by atomic mass is 9.83. The van der Waals surface area contributed by atoms with Gasteiger partial charge < -0.3 is 9.47 Å². The predicted molar refractivity (Wildman–Crippen MR) is 107 cm³/mol. The number of carbonyl (C=O) groups is 1. The summed E-state index contributed by atoms with van der Waals surface area (Å²) in [6.45, 7) is 10.1. The largest absolute Gasteiger partial charge is 0.352 e. The van der Waals surface area contributed by atoms with E-state index in [4.69, 9.17) is 9.47 Å². The Morgan fingerprint density at radius 2 is 1.36 bits per heavy atom. The number of ether oxygens (including phenoxy) is 2. The van der Waals surface area contributed by atoms with E-state index in [2.05, 4.69) is 20.4 Å². The molecule has 0 aromatic carbocycles. The van der Waals surface area contributed by atoms with E-state index in [0.29, 0.717) is 5.57 Å². The molecule has 0 fully saturated rings. The van der Waals surface area contributed by atoms with Gasteiger partial charge in [0.1, 0.15) is 0 Å². The standard InChI is InChI=1S/C22H42O3/c1-7-9-11-13-14-15-17-20(21(23)19(3)4)22(24-5,25-6)18-16-12-10-8-2/h20H,3,7-18H2,1-2,4-6H3. The number of ketones is 1. The third-order valence-electron chi connectivity index (χ3n) is 5.18. The molecule has 148 valence electrons. The Morgan fingerprint density at radius 1 is 0.880 bits per heavy atom. The summed E-state index contributed by atoms with van der Waals surface area (Å²) in [5, 5.41) is 0. The first kappa shape index (κ1) is 24.3. The smallest absolute Gasteiger partial charge is 0.177 e. The van der Waals surface area contributed by atoms with Gasteiger partial charge in [-0.1, -0.05) is 78.2 Å². The van der Waals surface area contributed by atoms with Crippen LogP contribution < -0.4 is 0 Å². The highest BCUT2D eigenvalue weighted by molar-refractivity contribution is 5.96. The first-order valence-corrected chi connectivity index (χ1v) is 10.3. The number of hydrogen-bond acceptors (Lipinski definition) is 3. The molecule has 3 nitrogen and oxygen atoms in total. The van der Waals surface area contributed by atoms with E-state index in [9.17, 15) is 4.79 Å². The highest BCUT2D eigenvalue weighted by Gasteiger charge is 2.42.